The Morgan fingerprint density at radius 1 is 1.20 bits per heavy atom. The summed E-state index contributed by atoms with van der Waals surface area (Å²) >= 11 is 6.02. The molecule has 104 valence electrons. The van der Waals surface area contributed by atoms with Crippen LogP contribution in [-0.4, -0.2) is 14.9 Å². The van der Waals surface area contributed by atoms with E-state index in [0.29, 0.717) is 16.5 Å². The summed E-state index contributed by atoms with van der Waals surface area (Å²) in [7, 11) is 0. The molecule has 0 saturated heterocycles. The Labute approximate surface area is 121 Å². The van der Waals surface area contributed by atoms with Crippen LogP contribution in [0.1, 0.15) is 26.5 Å². The normalized spacial score (nSPS) is 11.4. The van der Waals surface area contributed by atoms with Crippen LogP contribution in [0.25, 0.3) is 11.4 Å². The van der Waals surface area contributed by atoms with E-state index >= 15 is 0 Å². The minimum Gasteiger partial charge on any atom is -0.258 e. The minimum atomic E-state index is -0.446. The number of nitro groups is 1. The van der Waals surface area contributed by atoms with Crippen LogP contribution < -0.4 is 0 Å². The fraction of sp³-hybridized carbons (Fsp3) is 0.286. The van der Waals surface area contributed by atoms with Gasteiger partial charge in [-0.25, -0.2) is 9.97 Å². The van der Waals surface area contributed by atoms with Crippen molar-refractivity contribution < 1.29 is 4.92 Å². The lowest BCUT2D eigenvalue weighted by Gasteiger charge is -2.18. The van der Waals surface area contributed by atoms with Gasteiger partial charge in [-0.1, -0.05) is 44.5 Å². The molecule has 0 fully saturated rings. The number of aromatic nitrogens is 2. The molecule has 1 aromatic heterocycles. The zero-order valence-electron chi connectivity index (χ0n) is 11.4. The summed E-state index contributed by atoms with van der Waals surface area (Å²) in [5, 5.41) is 11.1. The van der Waals surface area contributed by atoms with Crippen molar-refractivity contribution >= 4 is 17.3 Å². The van der Waals surface area contributed by atoms with Gasteiger partial charge >= 0.3 is 0 Å². The van der Waals surface area contributed by atoms with Gasteiger partial charge in [-0.3, -0.25) is 10.1 Å². The van der Waals surface area contributed by atoms with Crippen molar-refractivity contribution in [3.8, 4) is 11.4 Å². The van der Waals surface area contributed by atoms with Gasteiger partial charge in [0.1, 0.15) is 5.15 Å². The van der Waals surface area contributed by atoms with E-state index in [-0.39, 0.29) is 11.1 Å². The van der Waals surface area contributed by atoms with Gasteiger partial charge in [0.15, 0.2) is 5.82 Å². The third kappa shape index (κ3) is 3.11. The molecule has 0 unspecified atom stereocenters. The molecule has 0 spiro atoms. The largest absolute Gasteiger partial charge is 0.270 e. The predicted octanol–water partition coefficient (Wildman–Crippen LogP) is 4.00. The predicted molar refractivity (Wildman–Crippen MR) is 77.8 cm³/mol. The van der Waals surface area contributed by atoms with Crippen LogP contribution in [0, 0.1) is 10.1 Å². The zero-order valence-corrected chi connectivity index (χ0v) is 12.2. The Kier molecular flexibility index (Phi) is 3.72. The first kappa shape index (κ1) is 14.4. The molecule has 0 bridgehead atoms. The number of nitro benzene ring substituents is 1. The number of rotatable bonds is 2. The van der Waals surface area contributed by atoms with Crippen molar-refractivity contribution in [3.05, 3.63) is 51.3 Å². The van der Waals surface area contributed by atoms with E-state index in [0.717, 1.165) is 5.69 Å². The van der Waals surface area contributed by atoms with E-state index in [1.807, 2.05) is 20.8 Å². The fourth-order valence-electron chi connectivity index (χ4n) is 1.69. The lowest BCUT2D eigenvalue weighted by molar-refractivity contribution is -0.384. The third-order valence-corrected chi connectivity index (χ3v) is 2.97. The summed E-state index contributed by atoms with van der Waals surface area (Å²) < 4.78 is 0. The first-order chi connectivity index (χ1) is 9.27. The van der Waals surface area contributed by atoms with Gasteiger partial charge in [0, 0.05) is 23.1 Å². The first-order valence-corrected chi connectivity index (χ1v) is 6.45. The van der Waals surface area contributed by atoms with Crippen molar-refractivity contribution in [1.29, 1.82) is 0 Å². The molecule has 5 nitrogen and oxygen atoms in total. The van der Waals surface area contributed by atoms with Crippen molar-refractivity contribution in [2.45, 2.75) is 26.2 Å². The van der Waals surface area contributed by atoms with Crippen molar-refractivity contribution in [1.82, 2.24) is 9.97 Å². The molecule has 1 heterocycles. The van der Waals surface area contributed by atoms with Gasteiger partial charge in [0.2, 0.25) is 0 Å². The third-order valence-electron chi connectivity index (χ3n) is 2.78. The molecular weight excluding hydrogens is 278 g/mol. The summed E-state index contributed by atoms with van der Waals surface area (Å²) in [6.45, 7) is 6.05. The van der Waals surface area contributed by atoms with E-state index in [1.54, 1.807) is 18.2 Å². The van der Waals surface area contributed by atoms with Crippen LogP contribution in [0.3, 0.4) is 0 Å². The summed E-state index contributed by atoms with van der Waals surface area (Å²) in [6, 6.07) is 7.92. The molecule has 0 saturated carbocycles. The van der Waals surface area contributed by atoms with Gasteiger partial charge in [0.05, 0.1) is 10.6 Å². The summed E-state index contributed by atoms with van der Waals surface area (Å²) in [6.07, 6.45) is 0. The average Bonchev–Trinajstić information content (AvgIpc) is 2.37. The highest BCUT2D eigenvalue weighted by Crippen LogP contribution is 2.27. The Hall–Kier alpha value is -2.01. The number of nitrogens with zero attached hydrogens (tertiary/aromatic N) is 3. The van der Waals surface area contributed by atoms with Crippen molar-refractivity contribution in [2.24, 2.45) is 0 Å². The van der Waals surface area contributed by atoms with Crippen LogP contribution in [0.15, 0.2) is 30.3 Å². The molecular formula is C14H14ClN3O2. The monoisotopic (exact) mass is 291 g/mol. The average molecular weight is 292 g/mol. The molecule has 0 atom stereocenters. The second-order valence-electron chi connectivity index (χ2n) is 5.46. The molecule has 2 rings (SSSR count). The van der Waals surface area contributed by atoms with Crippen LogP contribution in [-0.2, 0) is 5.41 Å². The van der Waals surface area contributed by atoms with Crippen LogP contribution in [0.5, 0.6) is 0 Å². The maximum Gasteiger partial charge on any atom is 0.270 e. The van der Waals surface area contributed by atoms with Gasteiger partial charge < -0.3 is 0 Å². The Morgan fingerprint density at radius 2 is 1.90 bits per heavy atom. The summed E-state index contributed by atoms with van der Waals surface area (Å²) in [4.78, 5) is 19.0. The second-order valence-corrected chi connectivity index (χ2v) is 5.84. The van der Waals surface area contributed by atoms with Gasteiger partial charge in [-0.15, -0.1) is 0 Å². The van der Waals surface area contributed by atoms with Crippen molar-refractivity contribution in [3.63, 3.8) is 0 Å². The van der Waals surface area contributed by atoms with E-state index in [2.05, 4.69) is 9.97 Å². The van der Waals surface area contributed by atoms with Gasteiger partial charge in [-0.2, -0.15) is 0 Å². The quantitative estimate of drug-likeness (QED) is 0.476. The lowest BCUT2D eigenvalue weighted by atomic mass is 9.92. The van der Waals surface area contributed by atoms with Gasteiger partial charge in [0.25, 0.3) is 5.69 Å². The molecule has 0 aliphatic carbocycles. The molecule has 2 aromatic rings. The molecule has 20 heavy (non-hydrogen) atoms. The number of hydrogen-bond acceptors (Lipinski definition) is 4. The zero-order chi connectivity index (χ0) is 14.9. The smallest absolute Gasteiger partial charge is 0.258 e. The van der Waals surface area contributed by atoms with Crippen LogP contribution in [0.4, 0.5) is 5.69 Å². The minimum absolute atomic E-state index is 0.00313. The Bertz CT molecular complexity index is 666. The molecule has 0 amide bonds. The fourth-order valence-corrected chi connectivity index (χ4v) is 1.87. The lowest BCUT2D eigenvalue weighted by Crippen LogP contribution is -2.14. The second kappa shape index (κ2) is 5.17. The first-order valence-electron chi connectivity index (χ1n) is 6.07. The number of benzene rings is 1. The summed E-state index contributed by atoms with van der Waals surface area (Å²) in [5.74, 6) is 0.395. The highest BCUT2D eigenvalue weighted by molar-refractivity contribution is 6.29. The number of halogens is 1. The maximum atomic E-state index is 10.8. The summed E-state index contributed by atoms with van der Waals surface area (Å²) in [5.41, 5.74) is 1.19. The topological polar surface area (TPSA) is 68.9 Å². The molecule has 6 heteroatoms. The van der Waals surface area contributed by atoms with Crippen LogP contribution in [0.2, 0.25) is 5.15 Å². The molecule has 0 aliphatic heterocycles. The Morgan fingerprint density at radius 3 is 2.50 bits per heavy atom. The maximum absolute atomic E-state index is 10.8. The molecule has 1 aromatic carbocycles. The van der Waals surface area contributed by atoms with E-state index in [9.17, 15) is 10.1 Å². The Balaban J connectivity index is 2.55. The molecule has 0 radical (unpaired) electrons. The molecule has 0 N–H and O–H groups in total. The van der Waals surface area contributed by atoms with Crippen molar-refractivity contribution in [2.75, 3.05) is 0 Å². The number of hydrogen-bond donors (Lipinski definition) is 0. The van der Waals surface area contributed by atoms with E-state index < -0.39 is 4.92 Å². The van der Waals surface area contributed by atoms with Crippen LogP contribution >= 0.6 is 11.6 Å². The van der Waals surface area contributed by atoms with Gasteiger partial charge in [-0.05, 0) is 6.07 Å². The standard InChI is InChI=1S/C14H14ClN3O2/c1-14(2,3)11-8-12(15)17-13(16-11)9-5-4-6-10(7-9)18(19)20/h4-8H,1-3H3. The SMILES string of the molecule is CC(C)(C)c1cc(Cl)nc(-c2cccc([N+](=O)[O-])c2)n1. The highest BCUT2D eigenvalue weighted by atomic mass is 35.5. The highest BCUT2D eigenvalue weighted by Gasteiger charge is 2.18. The van der Waals surface area contributed by atoms with E-state index in [1.165, 1.54) is 12.1 Å². The number of non-ortho nitro benzene ring substituents is 1. The molecule has 0 aliphatic rings. The van der Waals surface area contributed by atoms with E-state index in [4.69, 9.17) is 11.6 Å².